The lowest BCUT2D eigenvalue weighted by atomic mass is 9.87. The van der Waals surface area contributed by atoms with Crippen molar-refractivity contribution in [2.45, 2.75) is 19.1 Å². The SMILES string of the molecule is Cc1cccc(OC(=O)C2OC(C(=O)O)C(C(=O)O)C2C(=O)O)c1. The van der Waals surface area contributed by atoms with Gasteiger partial charge >= 0.3 is 23.9 Å². The third-order valence-electron chi connectivity index (χ3n) is 3.59. The van der Waals surface area contributed by atoms with Gasteiger partial charge in [-0.3, -0.25) is 9.59 Å². The van der Waals surface area contributed by atoms with Crippen LogP contribution in [0.3, 0.4) is 0 Å². The fraction of sp³-hybridized carbons (Fsp3) is 0.333. The lowest BCUT2D eigenvalue weighted by Gasteiger charge is -2.15. The van der Waals surface area contributed by atoms with E-state index in [1.165, 1.54) is 12.1 Å². The molecule has 0 bridgehead atoms. The number of carbonyl (C=O) groups excluding carboxylic acids is 1. The third kappa shape index (κ3) is 3.35. The van der Waals surface area contributed by atoms with Crippen molar-refractivity contribution in [3.05, 3.63) is 29.8 Å². The van der Waals surface area contributed by atoms with Crippen LogP contribution in [0.25, 0.3) is 0 Å². The van der Waals surface area contributed by atoms with Crippen LogP contribution in [-0.4, -0.2) is 51.4 Å². The van der Waals surface area contributed by atoms with Gasteiger partial charge in [-0.15, -0.1) is 0 Å². The van der Waals surface area contributed by atoms with Crippen LogP contribution < -0.4 is 4.74 Å². The summed E-state index contributed by atoms with van der Waals surface area (Å²) in [6.07, 6.45) is -3.80. The molecule has 1 aromatic carbocycles. The minimum absolute atomic E-state index is 0.110. The maximum Gasteiger partial charge on any atom is 0.341 e. The first-order valence-corrected chi connectivity index (χ1v) is 6.84. The topological polar surface area (TPSA) is 147 Å². The van der Waals surface area contributed by atoms with Gasteiger partial charge in [-0.1, -0.05) is 12.1 Å². The Bertz CT molecular complexity index is 696. The first kappa shape index (κ1) is 17.4. The van der Waals surface area contributed by atoms with E-state index in [1.54, 1.807) is 19.1 Å². The van der Waals surface area contributed by atoms with E-state index in [2.05, 4.69) is 0 Å². The number of carboxylic acids is 3. The van der Waals surface area contributed by atoms with E-state index in [9.17, 15) is 24.3 Å². The molecule has 24 heavy (non-hydrogen) atoms. The highest BCUT2D eigenvalue weighted by molar-refractivity contribution is 5.93. The van der Waals surface area contributed by atoms with Gasteiger partial charge in [-0.2, -0.15) is 0 Å². The summed E-state index contributed by atoms with van der Waals surface area (Å²) in [6, 6.07) is 6.29. The quantitative estimate of drug-likeness (QED) is 0.504. The van der Waals surface area contributed by atoms with Gasteiger partial charge in [-0.25, -0.2) is 9.59 Å². The Balaban J connectivity index is 2.29. The number of esters is 1. The third-order valence-corrected chi connectivity index (χ3v) is 3.59. The van der Waals surface area contributed by atoms with Gasteiger partial charge in [0.05, 0.1) is 0 Å². The van der Waals surface area contributed by atoms with E-state index in [4.69, 9.17) is 19.7 Å². The van der Waals surface area contributed by atoms with Gasteiger partial charge in [0.2, 0.25) is 0 Å². The van der Waals surface area contributed by atoms with Crippen molar-refractivity contribution in [3.8, 4) is 5.75 Å². The van der Waals surface area contributed by atoms with Crippen LogP contribution in [0.5, 0.6) is 5.75 Å². The van der Waals surface area contributed by atoms with E-state index in [-0.39, 0.29) is 5.75 Å². The molecule has 1 aromatic rings. The van der Waals surface area contributed by atoms with E-state index >= 15 is 0 Å². The second kappa shape index (κ2) is 6.67. The van der Waals surface area contributed by atoms with Crippen molar-refractivity contribution in [3.63, 3.8) is 0 Å². The normalized spacial score (nSPS) is 25.9. The number of carboxylic acid groups (broad SMARTS) is 3. The van der Waals surface area contributed by atoms with Crippen LogP contribution in [0.1, 0.15) is 5.56 Å². The number of hydrogen-bond donors (Lipinski definition) is 3. The molecular weight excluding hydrogens is 324 g/mol. The average molecular weight is 338 g/mol. The van der Waals surface area contributed by atoms with Gasteiger partial charge in [0.25, 0.3) is 0 Å². The van der Waals surface area contributed by atoms with Gasteiger partial charge in [-0.05, 0) is 24.6 Å². The van der Waals surface area contributed by atoms with Crippen molar-refractivity contribution in [2.75, 3.05) is 0 Å². The fourth-order valence-electron chi connectivity index (χ4n) is 2.54. The van der Waals surface area contributed by atoms with Crippen molar-refractivity contribution in [2.24, 2.45) is 11.8 Å². The van der Waals surface area contributed by atoms with Crippen molar-refractivity contribution in [1.82, 2.24) is 0 Å². The van der Waals surface area contributed by atoms with Crippen LogP contribution in [0.4, 0.5) is 0 Å². The highest BCUT2D eigenvalue weighted by Crippen LogP contribution is 2.34. The van der Waals surface area contributed by atoms with E-state index in [0.29, 0.717) is 0 Å². The Morgan fingerprint density at radius 3 is 2.04 bits per heavy atom. The zero-order chi connectivity index (χ0) is 18.0. The summed E-state index contributed by atoms with van der Waals surface area (Å²) in [6.45, 7) is 1.74. The minimum atomic E-state index is -1.96. The first-order valence-electron chi connectivity index (χ1n) is 6.84. The number of rotatable bonds is 5. The lowest BCUT2D eigenvalue weighted by Crippen LogP contribution is -2.40. The molecule has 1 aliphatic heterocycles. The summed E-state index contributed by atoms with van der Waals surface area (Å²) in [5.74, 6) is -9.84. The highest BCUT2D eigenvalue weighted by atomic mass is 16.6. The van der Waals surface area contributed by atoms with Crippen LogP contribution in [0.2, 0.25) is 0 Å². The molecule has 4 atom stereocenters. The number of hydrogen-bond acceptors (Lipinski definition) is 6. The predicted molar refractivity (Wildman–Crippen MR) is 75.4 cm³/mol. The molecule has 4 unspecified atom stereocenters. The second-order valence-corrected chi connectivity index (χ2v) is 5.28. The fourth-order valence-corrected chi connectivity index (χ4v) is 2.54. The number of aryl methyl sites for hydroxylation is 1. The molecule has 0 amide bonds. The van der Waals surface area contributed by atoms with E-state index in [1.807, 2.05) is 0 Å². The average Bonchev–Trinajstić information content (AvgIpc) is 2.88. The van der Waals surface area contributed by atoms with Gasteiger partial charge in [0.15, 0.2) is 12.2 Å². The molecule has 0 aliphatic carbocycles. The van der Waals surface area contributed by atoms with Crippen molar-refractivity contribution >= 4 is 23.9 Å². The zero-order valence-electron chi connectivity index (χ0n) is 12.4. The minimum Gasteiger partial charge on any atom is -0.481 e. The molecule has 3 N–H and O–H groups in total. The van der Waals surface area contributed by atoms with E-state index in [0.717, 1.165) is 5.56 Å². The number of benzene rings is 1. The Kier molecular flexibility index (Phi) is 4.84. The summed E-state index contributed by atoms with van der Waals surface area (Å²) >= 11 is 0. The van der Waals surface area contributed by atoms with Gasteiger partial charge in [0, 0.05) is 0 Å². The molecule has 9 nitrogen and oxygen atoms in total. The molecule has 2 rings (SSSR count). The van der Waals surface area contributed by atoms with Gasteiger partial charge < -0.3 is 24.8 Å². The Hall–Kier alpha value is -2.94. The number of carbonyl (C=O) groups is 4. The molecule has 0 saturated carbocycles. The zero-order valence-corrected chi connectivity index (χ0v) is 12.4. The Morgan fingerprint density at radius 2 is 1.54 bits per heavy atom. The van der Waals surface area contributed by atoms with Gasteiger partial charge in [0.1, 0.15) is 17.6 Å². The molecule has 1 aliphatic rings. The predicted octanol–water partition coefficient (Wildman–Crippen LogP) is 0.154. The standard InChI is InChI=1S/C15H14O9/c1-6-3-2-4-7(5-6)23-15(22)11-9(13(18)19)8(12(16)17)10(24-11)14(20)21/h2-5,8-11H,1H3,(H,16,17)(H,18,19)(H,20,21). The van der Waals surface area contributed by atoms with Crippen molar-refractivity contribution in [1.29, 1.82) is 0 Å². The molecule has 1 saturated heterocycles. The largest absolute Gasteiger partial charge is 0.481 e. The molecule has 128 valence electrons. The Morgan fingerprint density at radius 1 is 0.958 bits per heavy atom. The summed E-state index contributed by atoms with van der Waals surface area (Å²) < 4.78 is 9.90. The van der Waals surface area contributed by atoms with E-state index < -0.39 is 47.9 Å². The van der Waals surface area contributed by atoms with Crippen molar-refractivity contribution < 1.29 is 44.0 Å². The van der Waals surface area contributed by atoms with Crippen LogP contribution in [0, 0.1) is 18.8 Å². The highest BCUT2D eigenvalue weighted by Gasteiger charge is 2.58. The second-order valence-electron chi connectivity index (χ2n) is 5.28. The maximum absolute atomic E-state index is 12.2. The summed E-state index contributed by atoms with van der Waals surface area (Å²) in [5.41, 5.74) is 0.772. The maximum atomic E-state index is 12.2. The molecule has 1 heterocycles. The Labute approximate surface area is 135 Å². The molecular formula is C15H14O9. The summed E-state index contributed by atoms with van der Waals surface area (Å²) in [5, 5.41) is 27.4. The van der Waals surface area contributed by atoms with Crippen LogP contribution >= 0.6 is 0 Å². The summed E-state index contributed by atoms with van der Waals surface area (Å²) in [7, 11) is 0. The first-order chi connectivity index (χ1) is 11.2. The molecule has 0 spiro atoms. The smallest absolute Gasteiger partial charge is 0.341 e. The van der Waals surface area contributed by atoms with Crippen LogP contribution in [-0.2, 0) is 23.9 Å². The number of ether oxygens (including phenoxy) is 2. The van der Waals surface area contributed by atoms with Crippen LogP contribution in [0.15, 0.2) is 24.3 Å². The monoisotopic (exact) mass is 338 g/mol. The molecule has 0 aromatic heterocycles. The molecule has 9 heteroatoms. The molecule has 1 fully saturated rings. The molecule has 0 radical (unpaired) electrons. The summed E-state index contributed by atoms with van der Waals surface area (Å²) in [4.78, 5) is 45.9. The lowest BCUT2D eigenvalue weighted by molar-refractivity contribution is -0.162. The number of aliphatic carboxylic acids is 3.